The van der Waals surface area contributed by atoms with Crippen molar-refractivity contribution in [2.24, 2.45) is 0 Å². The number of nitrogens with zero attached hydrogens (tertiary/aromatic N) is 1. The summed E-state index contributed by atoms with van der Waals surface area (Å²) in [5.41, 5.74) is 1.52. The van der Waals surface area contributed by atoms with E-state index in [1.54, 1.807) is 12.1 Å². The number of aliphatic hydroxyl groups is 1. The first kappa shape index (κ1) is 17.4. The first-order valence-corrected chi connectivity index (χ1v) is 8.24. The predicted octanol–water partition coefficient (Wildman–Crippen LogP) is 0.793. The highest BCUT2D eigenvalue weighted by atomic mass is 79.9. The number of methoxy groups -OCH3 is 1. The summed E-state index contributed by atoms with van der Waals surface area (Å²) in [6, 6.07) is 3.48. The van der Waals surface area contributed by atoms with Gasteiger partial charge in [0, 0.05) is 16.6 Å². The number of ether oxygens (including phenoxy) is 2. The van der Waals surface area contributed by atoms with E-state index < -0.39 is 17.8 Å². The van der Waals surface area contributed by atoms with Crippen LogP contribution in [0.15, 0.2) is 27.9 Å². The fourth-order valence-corrected chi connectivity index (χ4v) is 3.21. The van der Waals surface area contributed by atoms with Crippen LogP contribution in [0.4, 0.5) is 5.69 Å². The van der Waals surface area contributed by atoms with Crippen LogP contribution in [0.2, 0.25) is 0 Å². The molecule has 0 saturated carbocycles. The summed E-state index contributed by atoms with van der Waals surface area (Å²) in [6.45, 7) is 0.0277. The van der Waals surface area contributed by atoms with Crippen LogP contribution in [0, 0.1) is 0 Å². The molecule has 132 valence electrons. The van der Waals surface area contributed by atoms with Crippen molar-refractivity contribution in [3.63, 3.8) is 0 Å². The van der Waals surface area contributed by atoms with E-state index in [1.165, 1.54) is 12.0 Å². The molecule has 25 heavy (non-hydrogen) atoms. The van der Waals surface area contributed by atoms with Crippen molar-refractivity contribution in [1.82, 2.24) is 4.90 Å². The van der Waals surface area contributed by atoms with Crippen molar-refractivity contribution < 1.29 is 29.0 Å². The zero-order chi connectivity index (χ0) is 18.1. The molecule has 0 bridgehead atoms. The zero-order valence-electron chi connectivity index (χ0n) is 13.3. The summed E-state index contributed by atoms with van der Waals surface area (Å²) >= 11 is 3.35. The van der Waals surface area contributed by atoms with E-state index in [0.29, 0.717) is 21.3 Å². The summed E-state index contributed by atoms with van der Waals surface area (Å²) < 4.78 is 10.3. The van der Waals surface area contributed by atoms with Gasteiger partial charge in [0.15, 0.2) is 0 Å². The second kappa shape index (κ2) is 6.85. The predicted molar refractivity (Wildman–Crippen MR) is 89.6 cm³/mol. The Hall–Kier alpha value is -2.39. The van der Waals surface area contributed by atoms with E-state index >= 15 is 0 Å². The number of hydrogen-bond donors (Lipinski definition) is 2. The lowest BCUT2D eigenvalue weighted by molar-refractivity contribution is -0.136. The fraction of sp³-hybridized carbons (Fsp3) is 0.312. The number of β-amino-alcohol motifs (C(OH)–C–C–N with tert-alkyl or cyclic N) is 1. The SMILES string of the molecule is COC(=O)C1=C(Nc2c(Br)ccc3c2C(=O)OC3)C(=O)N(CCO)C1. The van der Waals surface area contributed by atoms with Crippen LogP contribution < -0.4 is 5.32 Å². The van der Waals surface area contributed by atoms with Gasteiger partial charge >= 0.3 is 11.9 Å². The maximum absolute atomic E-state index is 12.6. The van der Waals surface area contributed by atoms with Crippen LogP contribution in [-0.4, -0.2) is 54.7 Å². The van der Waals surface area contributed by atoms with E-state index in [-0.39, 0.29) is 37.6 Å². The molecule has 0 spiro atoms. The number of fused-ring (bicyclic) bond motifs is 1. The molecule has 3 rings (SSSR count). The van der Waals surface area contributed by atoms with E-state index in [4.69, 9.17) is 14.6 Å². The van der Waals surface area contributed by atoms with Crippen LogP contribution in [0.1, 0.15) is 15.9 Å². The van der Waals surface area contributed by atoms with Crippen molar-refractivity contribution in [2.45, 2.75) is 6.61 Å². The minimum atomic E-state index is -0.650. The Kier molecular flexibility index (Phi) is 4.78. The van der Waals surface area contributed by atoms with Gasteiger partial charge in [-0.05, 0) is 22.0 Å². The van der Waals surface area contributed by atoms with Gasteiger partial charge in [-0.3, -0.25) is 4.79 Å². The van der Waals surface area contributed by atoms with E-state index in [9.17, 15) is 14.4 Å². The van der Waals surface area contributed by atoms with Gasteiger partial charge in [-0.2, -0.15) is 0 Å². The van der Waals surface area contributed by atoms with Crippen LogP contribution in [0.3, 0.4) is 0 Å². The molecule has 8 nitrogen and oxygen atoms in total. The highest BCUT2D eigenvalue weighted by Crippen LogP contribution is 2.36. The number of carbonyl (C=O) groups is 3. The third-order valence-electron chi connectivity index (χ3n) is 4.01. The highest BCUT2D eigenvalue weighted by molar-refractivity contribution is 9.10. The third-order valence-corrected chi connectivity index (χ3v) is 4.67. The van der Waals surface area contributed by atoms with Gasteiger partial charge in [-0.25, -0.2) is 9.59 Å². The smallest absolute Gasteiger partial charge is 0.341 e. The molecule has 2 heterocycles. The Morgan fingerprint density at radius 1 is 1.44 bits per heavy atom. The largest absolute Gasteiger partial charge is 0.466 e. The highest BCUT2D eigenvalue weighted by Gasteiger charge is 2.36. The van der Waals surface area contributed by atoms with E-state index in [0.717, 1.165) is 0 Å². The first-order valence-electron chi connectivity index (χ1n) is 7.45. The molecule has 0 fully saturated rings. The van der Waals surface area contributed by atoms with Crippen molar-refractivity contribution in [2.75, 3.05) is 32.1 Å². The monoisotopic (exact) mass is 410 g/mol. The third kappa shape index (κ3) is 3.00. The lowest BCUT2D eigenvalue weighted by Gasteiger charge is -2.16. The zero-order valence-corrected chi connectivity index (χ0v) is 14.9. The lowest BCUT2D eigenvalue weighted by Crippen LogP contribution is -2.31. The minimum absolute atomic E-state index is 0.0193. The lowest BCUT2D eigenvalue weighted by atomic mass is 10.1. The molecule has 2 N–H and O–H groups in total. The number of cyclic esters (lactones) is 1. The summed E-state index contributed by atoms with van der Waals surface area (Å²) in [7, 11) is 1.22. The number of amides is 1. The van der Waals surface area contributed by atoms with Crippen LogP contribution in [0.5, 0.6) is 0 Å². The second-order valence-corrected chi connectivity index (χ2v) is 6.31. The summed E-state index contributed by atoms with van der Waals surface area (Å²) in [4.78, 5) is 37.9. The van der Waals surface area contributed by atoms with Crippen molar-refractivity contribution in [1.29, 1.82) is 0 Å². The number of hydrogen-bond acceptors (Lipinski definition) is 7. The molecular weight excluding hydrogens is 396 g/mol. The normalized spacial score (nSPS) is 16.2. The molecule has 0 aromatic heterocycles. The van der Waals surface area contributed by atoms with Crippen LogP contribution in [0.25, 0.3) is 0 Å². The first-order chi connectivity index (χ1) is 12.0. The van der Waals surface area contributed by atoms with E-state index in [2.05, 4.69) is 21.2 Å². The topological polar surface area (TPSA) is 105 Å². The van der Waals surface area contributed by atoms with Gasteiger partial charge in [0.05, 0.1) is 37.1 Å². The molecule has 0 unspecified atom stereocenters. The Bertz CT molecular complexity index is 804. The van der Waals surface area contributed by atoms with Gasteiger partial charge in [0.25, 0.3) is 5.91 Å². The average Bonchev–Trinajstić information content (AvgIpc) is 3.12. The Morgan fingerprint density at radius 3 is 2.88 bits per heavy atom. The maximum Gasteiger partial charge on any atom is 0.341 e. The standard InChI is InChI=1S/C16H15BrN2O6/c1-24-15(22)9-6-19(4-5-20)14(21)12(9)18-13-10(17)3-2-8-7-25-16(23)11(8)13/h2-3,18,20H,4-7H2,1H3. The Labute approximate surface area is 151 Å². The number of benzene rings is 1. The Balaban J connectivity index is 2.03. The fourth-order valence-electron chi connectivity index (χ4n) is 2.79. The maximum atomic E-state index is 12.6. The molecule has 1 aromatic carbocycles. The molecule has 0 aliphatic carbocycles. The molecule has 2 aliphatic rings. The number of rotatable bonds is 5. The van der Waals surface area contributed by atoms with Gasteiger partial charge in [0.2, 0.25) is 0 Å². The number of halogens is 1. The number of esters is 2. The van der Waals surface area contributed by atoms with E-state index in [1.807, 2.05) is 0 Å². The molecule has 0 radical (unpaired) electrons. The summed E-state index contributed by atoms with van der Waals surface area (Å²) in [6.07, 6.45) is 0. The number of anilines is 1. The molecule has 2 aliphatic heterocycles. The molecule has 0 atom stereocenters. The van der Waals surface area contributed by atoms with Crippen LogP contribution in [-0.2, 0) is 25.7 Å². The quantitative estimate of drug-likeness (QED) is 0.691. The van der Waals surface area contributed by atoms with Gasteiger partial charge in [-0.15, -0.1) is 0 Å². The molecule has 9 heteroatoms. The molecule has 0 saturated heterocycles. The van der Waals surface area contributed by atoms with Crippen LogP contribution >= 0.6 is 15.9 Å². The molecule has 1 amide bonds. The number of carbonyl (C=O) groups excluding carboxylic acids is 3. The minimum Gasteiger partial charge on any atom is -0.466 e. The summed E-state index contributed by atoms with van der Waals surface area (Å²) in [5.74, 6) is -1.61. The van der Waals surface area contributed by atoms with Gasteiger partial charge < -0.3 is 24.8 Å². The van der Waals surface area contributed by atoms with Crippen molar-refractivity contribution in [3.8, 4) is 0 Å². The Morgan fingerprint density at radius 2 is 2.20 bits per heavy atom. The average molecular weight is 411 g/mol. The number of nitrogens with one attached hydrogen (secondary N) is 1. The molecule has 1 aromatic rings. The second-order valence-electron chi connectivity index (χ2n) is 5.45. The van der Waals surface area contributed by atoms with Crippen molar-refractivity contribution >= 4 is 39.5 Å². The van der Waals surface area contributed by atoms with Crippen molar-refractivity contribution in [3.05, 3.63) is 39.0 Å². The van der Waals surface area contributed by atoms with Gasteiger partial charge in [-0.1, -0.05) is 6.07 Å². The number of aliphatic hydroxyl groups excluding tert-OH is 1. The molecular formula is C16H15BrN2O6. The van der Waals surface area contributed by atoms with Gasteiger partial charge in [0.1, 0.15) is 12.3 Å². The summed E-state index contributed by atoms with van der Waals surface area (Å²) in [5, 5.41) is 12.0.